The van der Waals surface area contributed by atoms with Crippen LogP contribution in [0.25, 0.3) is 33.3 Å². The van der Waals surface area contributed by atoms with Gasteiger partial charge in [0.1, 0.15) is 17.2 Å². The van der Waals surface area contributed by atoms with Gasteiger partial charge in [0.15, 0.2) is 0 Å². The molecule has 0 aliphatic heterocycles. The van der Waals surface area contributed by atoms with Crippen LogP contribution in [0.1, 0.15) is 6.92 Å². The Labute approximate surface area is 171 Å². The van der Waals surface area contributed by atoms with Gasteiger partial charge in [-0.15, -0.1) is 0 Å². The van der Waals surface area contributed by atoms with Crippen LogP contribution < -0.4 is 14.2 Å². The molecule has 0 radical (unpaired) electrons. The van der Waals surface area contributed by atoms with Crippen LogP contribution in [-0.4, -0.2) is 25.9 Å². The van der Waals surface area contributed by atoms with Crippen LogP contribution in [0.4, 0.5) is 0 Å². The molecule has 0 unspecified atom stereocenters. The van der Waals surface area contributed by atoms with Crippen LogP contribution in [0.2, 0.25) is 0 Å². The van der Waals surface area contributed by atoms with Crippen molar-refractivity contribution in [1.29, 1.82) is 0 Å². The molecule has 0 bridgehead atoms. The Morgan fingerprint density at radius 2 is 1.17 bits per heavy atom. The lowest BCUT2D eigenvalue weighted by Gasteiger charge is -2.12. The SMILES string of the molecule is CCn1c(-c2ccc(OC)cc2)c(-c2ccc(OC)cc2)c2ccc(OC)cc21. The lowest BCUT2D eigenvalue weighted by Crippen LogP contribution is -1.98. The normalized spacial score (nSPS) is 10.9. The highest BCUT2D eigenvalue weighted by Gasteiger charge is 2.20. The van der Waals surface area contributed by atoms with E-state index in [0.29, 0.717) is 0 Å². The van der Waals surface area contributed by atoms with Gasteiger partial charge in [-0.3, -0.25) is 0 Å². The number of benzene rings is 3. The number of hydrogen-bond donors (Lipinski definition) is 0. The highest BCUT2D eigenvalue weighted by atomic mass is 16.5. The van der Waals surface area contributed by atoms with E-state index >= 15 is 0 Å². The second kappa shape index (κ2) is 7.92. The van der Waals surface area contributed by atoms with Crippen molar-refractivity contribution in [3.63, 3.8) is 0 Å². The molecule has 4 aromatic rings. The highest BCUT2D eigenvalue weighted by Crippen LogP contribution is 2.42. The average molecular weight is 387 g/mol. The Bertz CT molecular complexity index is 1130. The predicted molar refractivity (Wildman–Crippen MR) is 118 cm³/mol. The van der Waals surface area contributed by atoms with Gasteiger partial charge >= 0.3 is 0 Å². The minimum absolute atomic E-state index is 0.848. The zero-order valence-electron chi connectivity index (χ0n) is 17.2. The number of aryl methyl sites for hydroxylation is 1. The van der Waals surface area contributed by atoms with Crippen molar-refractivity contribution in [2.45, 2.75) is 13.5 Å². The molecule has 4 nitrogen and oxygen atoms in total. The summed E-state index contributed by atoms with van der Waals surface area (Å²) >= 11 is 0. The molecule has 0 atom stereocenters. The van der Waals surface area contributed by atoms with Crippen LogP contribution in [-0.2, 0) is 6.54 Å². The lowest BCUT2D eigenvalue weighted by molar-refractivity contribution is 0.414. The second-order valence-electron chi connectivity index (χ2n) is 6.81. The summed E-state index contributed by atoms with van der Waals surface area (Å²) in [6.45, 7) is 3.02. The summed E-state index contributed by atoms with van der Waals surface area (Å²) in [5, 5.41) is 1.20. The lowest BCUT2D eigenvalue weighted by atomic mass is 9.98. The standard InChI is InChI=1S/C25H25NO3/c1-5-26-23-16-21(29-4)14-15-22(23)24(17-6-10-19(27-2)11-7-17)25(26)18-8-12-20(28-3)13-9-18/h6-16H,5H2,1-4H3. The fourth-order valence-corrected chi connectivity index (χ4v) is 3.88. The maximum Gasteiger partial charge on any atom is 0.120 e. The van der Waals surface area contributed by atoms with Gasteiger partial charge in [0.05, 0.1) is 32.5 Å². The van der Waals surface area contributed by atoms with E-state index in [2.05, 4.69) is 47.9 Å². The average Bonchev–Trinajstić information content (AvgIpc) is 3.12. The summed E-state index contributed by atoms with van der Waals surface area (Å²) in [4.78, 5) is 0. The van der Waals surface area contributed by atoms with Gasteiger partial charge in [-0.05, 0) is 66.6 Å². The van der Waals surface area contributed by atoms with Gasteiger partial charge in [-0.2, -0.15) is 0 Å². The van der Waals surface area contributed by atoms with Crippen molar-refractivity contribution in [3.05, 3.63) is 66.7 Å². The summed E-state index contributed by atoms with van der Waals surface area (Å²) < 4.78 is 18.6. The Morgan fingerprint density at radius 3 is 1.69 bits per heavy atom. The number of hydrogen-bond acceptors (Lipinski definition) is 3. The molecule has 0 N–H and O–H groups in total. The molecule has 1 heterocycles. The number of aromatic nitrogens is 1. The minimum atomic E-state index is 0.848. The van der Waals surface area contributed by atoms with Crippen LogP contribution in [0.3, 0.4) is 0 Å². The van der Waals surface area contributed by atoms with E-state index < -0.39 is 0 Å². The second-order valence-corrected chi connectivity index (χ2v) is 6.81. The van der Waals surface area contributed by atoms with Gasteiger partial charge in [0.25, 0.3) is 0 Å². The molecule has 0 aliphatic carbocycles. The fourth-order valence-electron chi connectivity index (χ4n) is 3.88. The Hall–Kier alpha value is -3.40. The third-order valence-corrected chi connectivity index (χ3v) is 5.33. The van der Waals surface area contributed by atoms with Gasteiger partial charge in [-0.1, -0.05) is 12.1 Å². The number of rotatable bonds is 6. The Morgan fingerprint density at radius 1 is 0.655 bits per heavy atom. The molecule has 0 aliphatic rings. The molecule has 0 saturated carbocycles. The quantitative estimate of drug-likeness (QED) is 0.405. The predicted octanol–water partition coefficient (Wildman–Crippen LogP) is 6.02. The first-order valence-corrected chi connectivity index (χ1v) is 9.69. The van der Waals surface area contributed by atoms with Crippen LogP contribution in [0, 0.1) is 0 Å². The van der Waals surface area contributed by atoms with Gasteiger partial charge in [0, 0.05) is 23.6 Å². The van der Waals surface area contributed by atoms with Gasteiger partial charge < -0.3 is 18.8 Å². The molecule has 0 amide bonds. The molecule has 148 valence electrons. The minimum Gasteiger partial charge on any atom is -0.497 e. The zero-order chi connectivity index (χ0) is 20.4. The van der Waals surface area contributed by atoms with Crippen molar-refractivity contribution >= 4 is 10.9 Å². The number of fused-ring (bicyclic) bond motifs is 1. The summed E-state index contributed by atoms with van der Waals surface area (Å²) in [7, 11) is 5.08. The molecule has 0 fully saturated rings. The number of methoxy groups -OCH3 is 3. The van der Waals surface area contributed by atoms with E-state index in [1.54, 1.807) is 21.3 Å². The zero-order valence-corrected chi connectivity index (χ0v) is 17.2. The van der Waals surface area contributed by atoms with Crippen molar-refractivity contribution in [2.75, 3.05) is 21.3 Å². The fraction of sp³-hybridized carbons (Fsp3) is 0.200. The first kappa shape index (κ1) is 18.9. The first-order chi connectivity index (χ1) is 14.2. The van der Waals surface area contributed by atoms with E-state index in [9.17, 15) is 0 Å². The largest absolute Gasteiger partial charge is 0.497 e. The summed E-state index contributed by atoms with van der Waals surface area (Å²) in [5.41, 5.74) is 5.84. The smallest absolute Gasteiger partial charge is 0.120 e. The topological polar surface area (TPSA) is 32.6 Å². The van der Waals surface area contributed by atoms with Crippen LogP contribution >= 0.6 is 0 Å². The molecule has 0 spiro atoms. The summed E-state index contributed by atoms with van der Waals surface area (Å²) in [6.07, 6.45) is 0. The summed E-state index contributed by atoms with van der Waals surface area (Å²) in [5.74, 6) is 2.55. The molecule has 3 aromatic carbocycles. The maximum atomic E-state index is 5.50. The third-order valence-electron chi connectivity index (χ3n) is 5.33. The van der Waals surface area contributed by atoms with E-state index in [1.165, 1.54) is 16.6 Å². The molecule has 4 rings (SSSR count). The molecular weight excluding hydrogens is 362 g/mol. The van der Waals surface area contributed by atoms with E-state index in [-0.39, 0.29) is 0 Å². The monoisotopic (exact) mass is 387 g/mol. The van der Waals surface area contributed by atoms with Gasteiger partial charge in [-0.25, -0.2) is 0 Å². The Balaban J connectivity index is 2.04. The van der Waals surface area contributed by atoms with E-state index in [0.717, 1.165) is 40.4 Å². The number of ether oxygens (including phenoxy) is 3. The molecule has 4 heteroatoms. The molecule has 1 aromatic heterocycles. The van der Waals surface area contributed by atoms with E-state index in [1.807, 2.05) is 30.3 Å². The highest BCUT2D eigenvalue weighted by molar-refractivity contribution is 6.05. The third kappa shape index (κ3) is 3.31. The van der Waals surface area contributed by atoms with Crippen LogP contribution in [0.5, 0.6) is 17.2 Å². The summed E-state index contributed by atoms with van der Waals surface area (Å²) in [6, 6.07) is 22.8. The van der Waals surface area contributed by atoms with Crippen molar-refractivity contribution < 1.29 is 14.2 Å². The van der Waals surface area contributed by atoms with Crippen molar-refractivity contribution in [1.82, 2.24) is 4.57 Å². The maximum absolute atomic E-state index is 5.50. The molecular formula is C25H25NO3. The first-order valence-electron chi connectivity index (χ1n) is 9.69. The van der Waals surface area contributed by atoms with Crippen molar-refractivity contribution in [2.24, 2.45) is 0 Å². The Kier molecular flexibility index (Phi) is 5.17. The van der Waals surface area contributed by atoms with Gasteiger partial charge in [0.2, 0.25) is 0 Å². The van der Waals surface area contributed by atoms with E-state index in [4.69, 9.17) is 14.2 Å². The van der Waals surface area contributed by atoms with Crippen LogP contribution in [0.15, 0.2) is 66.7 Å². The van der Waals surface area contributed by atoms with Crippen molar-refractivity contribution in [3.8, 4) is 39.6 Å². The molecule has 29 heavy (non-hydrogen) atoms. The molecule has 0 saturated heterocycles. The number of nitrogens with zero attached hydrogens (tertiary/aromatic N) is 1.